The van der Waals surface area contributed by atoms with Crippen molar-refractivity contribution in [3.8, 4) is 11.8 Å². The van der Waals surface area contributed by atoms with Crippen molar-refractivity contribution in [3.05, 3.63) is 81.3 Å². The molecule has 58 heavy (non-hydrogen) atoms. The minimum atomic E-state index is -0.728. The third-order valence-corrected chi connectivity index (χ3v) is 13.3. The number of halogens is 2. The molecule has 4 amide bonds. The summed E-state index contributed by atoms with van der Waals surface area (Å²) in [4.78, 5) is 66.1. The second-order valence-electron chi connectivity index (χ2n) is 16.5. The van der Waals surface area contributed by atoms with E-state index in [0.29, 0.717) is 64.3 Å². The van der Waals surface area contributed by atoms with Crippen LogP contribution in [0, 0.1) is 23.1 Å². The molecule has 1 unspecified atom stereocenters. The van der Waals surface area contributed by atoms with Crippen molar-refractivity contribution in [1.29, 1.82) is 5.26 Å². The van der Waals surface area contributed by atoms with Crippen LogP contribution >= 0.6 is 11.6 Å². The Morgan fingerprint density at radius 2 is 1.59 bits per heavy atom. The fraction of sp³-hybridized carbons (Fsp3) is 0.488. The summed E-state index contributed by atoms with van der Waals surface area (Å²) in [6.45, 7) is 6.34. The molecule has 0 bridgehead atoms. The predicted molar refractivity (Wildman–Crippen MR) is 213 cm³/mol. The molecule has 1 atom stereocenters. The summed E-state index contributed by atoms with van der Waals surface area (Å²) in [7, 11) is 0. The lowest BCUT2D eigenvalue weighted by atomic mass is 9.92. The highest BCUT2D eigenvalue weighted by molar-refractivity contribution is 6.31. The predicted octanol–water partition coefficient (Wildman–Crippen LogP) is 4.89. The maximum absolute atomic E-state index is 15.4. The first-order valence-corrected chi connectivity index (χ1v) is 20.9. The van der Waals surface area contributed by atoms with E-state index in [1.165, 1.54) is 11.0 Å². The van der Waals surface area contributed by atoms with E-state index >= 15 is 4.39 Å². The van der Waals surface area contributed by atoms with Gasteiger partial charge in [-0.2, -0.15) is 5.26 Å². The SMILES string of the molecule is N#Cc1ccc(OC2CCC(N3Cc4nc(N5CCC(CN6CCN(c7cc8c(cc7F)CN(C7CCC(=O)NC7=O)C8=O)CC6)CC5)ccc4C3=O)CC2)cc1Cl. The summed E-state index contributed by atoms with van der Waals surface area (Å²) >= 11 is 6.19. The molecule has 3 saturated heterocycles. The van der Waals surface area contributed by atoms with Crippen molar-refractivity contribution >= 4 is 46.7 Å². The first-order chi connectivity index (χ1) is 28.1. The number of ether oxygens (including phenoxy) is 1. The van der Waals surface area contributed by atoms with Crippen LogP contribution in [-0.4, -0.2) is 107 Å². The van der Waals surface area contributed by atoms with E-state index in [-0.39, 0.29) is 55.1 Å². The highest BCUT2D eigenvalue weighted by Gasteiger charge is 2.41. The number of imide groups is 1. The largest absolute Gasteiger partial charge is 0.490 e. The van der Waals surface area contributed by atoms with Crippen LogP contribution in [0.3, 0.4) is 0 Å². The average molecular weight is 809 g/mol. The topological polar surface area (TPSA) is 142 Å². The molecular weight excluding hydrogens is 763 g/mol. The summed E-state index contributed by atoms with van der Waals surface area (Å²) in [6.07, 6.45) is 5.91. The van der Waals surface area contributed by atoms with E-state index in [9.17, 15) is 19.2 Å². The number of aromatic nitrogens is 1. The van der Waals surface area contributed by atoms with E-state index in [4.69, 9.17) is 26.6 Å². The van der Waals surface area contributed by atoms with Crippen molar-refractivity contribution < 1.29 is 28.3 Å². The Bertz CT molecular complexity index is 2190. The van der Waals surface area contributed by atoms with Crippen LogP contribution in [0.25, 0.3) is 0 Å². The van der Waals surface area contributed by atoms with Crippen LogP contribution in [0.15, 0.2) is 42.5 Å². The van der Waals surface area contributed by atoms with E-state index in [2.05, 4.69) is 21.2 Å². The van der Waals surface area contributed by atoms with E-state index < -0.39 is 11.9 Å². The van der Waals surface area contributed by atoms with Gasteiger partial charge >= 0.3 is 0 Å². The fourth-order valence-corrected chi connectivity index (χ4v) is 9.90. The summed E-state index contributed by atoms with van der Waals surface area (Å²) in [5.74, 6) is 0.700. The van der Waals surface area contributed by atoms with Gasteiger partial charge in [0.1, 0.15) is 29.5 Å². The smallest absolute Gasteiger partial charge is 0.256 e. The number of amides is 4. The molecule has 302 valence electrons. The number of nitrogens with zero attached hydrogens (tertiary/aromatic N) is 7. The number of hydrogen-bond donors (Lipinski definition) is 1. The second-order valence-corrected chi connectivity index (χ2v) is 16.9. The zero-order valence-corrected chi connectivity index (χ0v) is 33.1. The number of rotatable bonds is 8. The van der Waals surface area contributed by atoms with Crippen LogP contribution in [-0.2, 0) is 22.7 Å². The number of piperazine rings is 1. The lowest BCUT2D eigenvalue weighted by Gasteiger charge is -2.40. The van der Waals surface area contributed by atoms with Gasteiger partial charge in [0.15, 0.2) is 0 Å². The van der Waals surface area contributed by atoms with Crippen LogP contribution in [0.5, 0.6) is 5.75 Å². The molecule has 1 aliphatic carbocycles. The second kappa shape index (κ2) is 15.8. The average Bonchev–Trinajstić information content (AvgIpc) is 3.73. The summed E-state index contributed by atoms with van der Waals surface area (Å²) in [6, 6.07) is 13.6. The molecule has 9 rings (SSSR count). The van der Waals surface area contributed by atoms with Gasteiger partial charge in [-0.1, -0.05) is 11.6 Å². The maximum Gasteiger partial charge on any atom is 0.256 e. The zero-order chi connectivity index (χ0) is 40.1. The van der Waals surface area contributed by atoms with Gasteiger partial charge in [-0.05, 0) is 92.8 Å². The Balaban J connectivity index is 0.732. The quantitative estimate of drug-likeness (QED) is 0.313. The van der Waals surface area contributed by atoms with Gasteiger partial charge in [0.2, 0.25) is 11.8 Å². The van der Waals surface area contributed by atoms with Gasteiger partial charge in [0.25, 0.3) is 11.8 Å². The van der Waals surface area contributed by atoms with Gasteiger partial charge in [0.05, 0.1) is 40.2 Å². The van der Waals surface area contributed by atoms with Crippen molar-refractivity contribution in [1.82, 2.24) is 25.0 Å². The third-order valence-electron chi connectivity index (χ3n) is 13.0. The van der Waals surface area contributed by atoms with Crippen LogP contribution in [0.4, 0.5) is 15.9 Å². The van der Waals surface area contributed by atoms with Crippen molar-refractivity contribution in [2.45, 2.75) is 82.6 Å². The van der Waals surface area contributed by atoms with Crippen LogP contribution in [0.1, 0.15) is 88.9 Å². The Morgan fingerprint density at radius 3 is 2.31 bits per heavy atom. The van der Waals surface area contributed by atoms with Gasteiger partial charge in [-0.15, -0.1) is 0 Å². The van der Waals surface area contributed by atoms with Gasteiger partial charge in [-0.3, -0.25) is 29.4 Å². The minimum absolute atomic E-state index is 0.0358. The van der Waals surface area contributed by atoms with Crippen molar-refractivity contribution in [2.24, 2.45) is 5.92 Å². The number of anilines is 2. The lowest BCUT2D eigenvalue weighted by Crippen LogP contribution is -2.52. The summed E-state index contributed by atoms with van der Waals surface area (Å²) in [5.41, 5.74) is 3.39. The molecule has 1 N–H and O–H groups in total. The molecule has 2 aromatic carbocycles. The molecule has 1 saturated carbocycles. The Morgan fingerprint density at radius 1 is 0.828 bits per heavy atom. The molecule has 5 aliphatic heterocycles. The number of fused-ring (bicyclic) bond motifs is 2. The maximum atomic E-state index is 15.4. The standard InChI is InChI=1S/C43H46ClFN8O5/c44-34-20-31(4-1-27(34)22-46)58-30-5-2-29(3-6-30)52-25-36-32(42(52)56)7-9-39(47-36)51-13-11-26(12-14-51)23-49-15-17-50(18-16-49)38-21-33-28(19-35(38)45)24-53(43(33)57)37-8-10-40(54)48-41(37)55/h1,4,7,9,19-21,26,29-30,37H,2-3,5-6,8,10-18,23-25H2,(H,48,54,55). The number of pyridine rings is 1. The highest BCUT2D eigenvalue weighted by Crippen LogP contribution is 2.36. The monoisotopic (exact) mass is 808 g/mol. The molecule has 13 nitrogen and oxygen atoms in total. The molecule has 4 fully saturated rings. The number of carbonyl (C=O) groups excluding carboxylic acids is 4. The highest BCUT2D eigenvalue weighted by atomic mass is 35.5. The van der Waals surface area contributed by atoms with E-state index in [1.54, 1.807) is 24.3 Å². The molecule has 6 heterocycles. The number of carbonyl (C=O) groups is 4. The molecule has 6 aliphatic rings. The number of benzene rings is 2. The number of piperidine rings is 2. The van der Waals surface area contributed by atoms with E-state index in [0.717, 1.165) is 82.8 Å². The molecule has 15 heteroatoms. The molecule has 1 aromatic heterocycles. The van der Waals surface area contributed by atoms with Crippen molar-refractivity contribution in [3.63, 3.8) is 0 Å². The molecule has 0 spiro atoms. The molecular formula is C43H46ClFN8O5. The van der Waals surface area contributed by atoms with Gasteiger partial charge in [-0.25, -0.2) is 9.37 Å². The zero-order valence-electron chi connectivity index (χ0n) is 32.3. The van der Waals surface area contributed by atoms with Crippen molar-refractivity contribution in [2.75, 3.05) is 55.6 Å². The third kappa shape index (κ3) is 7.46. The Hall–Kier alpha value is -5.26. The van der Waals surface area contributed by atoms with Gasteiger partial charge < -0.3 is 24.3 Å². The number of nitrogens with one attached hydrogen (secondary N) is 1. The molecule has 3 aromatic rings. The number of nitriles is 1. The number of hydrogen-bond acceptors (Lipinski definition) is 10. The first-order valence-electron chi connectivity index (χ1n) is 20.5. The Kier molecular flexibility index (Phi) is 10.4. The lowest BCUT2D eigenvalue weighted by molar-refractivity contribution is -0.136. The van der Waals surface area contributed by atoms with Gasteiger partial charge in [0, 0.05) is 76.5 Å². The van der Waals surface area contributed by atoms with Crippen LogP contribution < -0.4 is 19.9 Å². The van der Waals surface area contributed by atoms with E-state index in [1.807, 2.05) is 21.9 Å². The Labute approximate surface area is 341 Å². The van der Waals surface area contributed by atoms with Crippen LogP contribution in [0.2, 0.25) is 5.02 Å². The normalized spacial score (nSPS) is 24.2. The fourth-order valence-electron chi connectivity index (χ4n) is 9.69. The summed E-state index contributed by atoms with van der Waals surface area (Å²) < 4.78 is 21.6. The summed E-state index contributed by atoms with van der Waals surface area (Å²) in [5, 5.41) is 11.8. The minimum Gasteiger partial charge on any atom is -0.490 e. The molecule has 0 radical (unpaired) electrons. The first kappa shape index (κ1) is 38.3.